The van der Waals surface area contributed by atoms with Crippen molar-refractivity contribution in [2.45, 2.75) is 33.9 Å². The van der Waals surface area contributed by atoms with Gasteiger partial charge in [-0.25, -0.2) is 9.48 Å². The first-order chi connectivity index (χ1) is 13.4. The van der Waals surface area contributed by atoms with E-state index < -0.39 is 5.97 Å². The molecule has 0 saturated heterocycles. The quantitative estimate of drug-likeness (QED) is 0.422. The van der Waals surface area contributed by atoms with Gasteiger partial charge < -0.3 is 4.74 Å². The van der Waals surface area contributed by atoms with E-state index in [0.29, 0.717) is 11.7 Å². The van der Waals surface area contributed by atoms with Crippen LogP contribution in [0.15, 0.2) is 54.6 Å². The Bertz CT molecular complexity index is 1010. The zero-order valence-corrected chi connectivity index (χ0v) is 17.0. The van der Waals surface area contributed by atoms with Gasteiger partial charge in [-0.15, -0.1) is 0 Å². The van der Waals surface area contributed by atoms with E-state index in [0.717, 1.165) is 33.5 Å². The predicted octanol–water partition coefficient (Wildman–Crippen LogP) is 5.27. The molecule has 0 aliphatic carbocycles. The summed E-state index contributed by atoms with van der Waals surface area (Å²) in [6.45, 7) is 6.71. The average molecular weight is 395 g/mol. The summed E-state index contributed by atoms with van der Waals surface area (Å²) in [6, 6.07) is 16.1. The maximum atomic E-state index is 12.1. The Kier molecular flexibility index (Phi) is 6.32. The zero-order valence-electron chi connectivity index (χ0n) is 16.3. The number of carbonyl (C=O) groups is 1. The molecule has 1 heterocycles. The van der Waals surface area contributed by atoms with Crippen LogP contribution in [-0.2, 0) is 22.7 Å². The lowest BCUT2D eigenvalue weighted by atomic mass is 10.1. The van der Waals surface area contributed by atoms with E-state index in [1.165, 1.54) is 6.08 Å². The number of carbonyl (C=O) groups excluding carboxylic acids is 1. The standard InChI is InChI=1S/C23H23ClN2O2/c1-16-9-10-17(2)20(13-16)15-28-22(27)12-11-21-18(3)25-26(23(21)24)14-19-7-5-4-6-8-19/h4-13H,14-15H2,1-3H3/b12-11+. The van der Waals surface area contributed by atoms with Gasteiger partial charge in [-0.05, 0) is 43.5 Å². The molecule has 0 unspecified atom stereocenters. The molecule has 4 nitrogen and oxygen atoms in total. The van der Waals surface area contributed by atoms with Crippen LogP contribution in [0.3, 0.4) is 0 Å². The zero-order chi connectivity index (χ0) is 20.1. The first-order valence-corrected chi connectivity index (χ1v) is 9.49. The highest BCUT2D eigenvalue weighted by atomic mass is 35.5. The number of aromatic nitrogens is 2. The Balaban J connectivity index is 1.66. The van der Waals surface area contributed by atoms with Gasteiger partial charge in [0.1, 0.15) is 11.8 Å². The maximum absolute atomic E-state index is 12.1. The molecule has 0 atom stereocenters. The molecule has 28 heavy (non-hydrogen) atoms. The van der Waals surface area contributed by atoms with Gasteiger partial charge in [-0.1, -0.05) is 65.7 Å². The Hall–Kier alpha value is -2.85. The Morgan fingerprint density at radius 1 is 1.14 bits per heavy atom. The van der Waals surface area contributed by atoms with Crippen LogP contribution >= 0.6 is 11.6 Å². The van der Waals surface area contributed by atoms with Gasteiger partial charge in [0.15, 0.2) is 0 Å². The average Bonchev–Trinajstić information content (AvgIpc) is 2.94. The van der Waals surface area contributed by atoms with Crippen molar-refractivity contribution in [2.24, 2.45) is 0 Å². The molecule has 0 saturated carbocycles. The normalized spacial score (nSPS) is 11.1. The van der Waals surface area contributed by atoms with Crippen molar-refractivity contribution < 1.29 is 9.53 Å². The van der Waals surface area contributed by atoms with Crippen molar-refractivity contribution in [1.29, 1.82) is 0 Å². The number of benzene rings is 2. The Morgan fingerprint density at radius 2 is 1.89 bits per heavy atom. The molecular weight excluding hydrogens is 372 g/mol. The minimum atomic E-state index is -0.410. The topological polar surface area (TPSA) is 44.1 Å². The minimum Gasteiger partial charge on any atom is -0.458 e. The summed E-state index contributed by atoms with van der Waals surface area (Å²) in [7, 11) is 0. The number of hydrogen-bond acceptors (Lipinski definition) is 3. The van der Waals surface area contributed by atoms with Gasteiger partial charge in [-0.3, -0.25) is 0 Å². The van der Waals surface area contributed by atoms with E-state index in [1.54, 1.807) is 10.8 Å². The monoisotopic (exact) mass is 394 g/mol. The van der Waals surface area contributed by atoms with Crippen LogP contribution in [0.2, 0.25) is 5.15 Å². The van der Waals surface area contributed by atoms with Crippen molar-refractivity contribution in [1.82, 2.24) is 9.78 Å². The van der Waals surface area contributed by atoms with Crippen molar-refractivity contribution in [2.75, 3.05) is 0 Å². The smallest absolute Gasteiger partial charge is 0.331 e. The van der Waals surface area contributed by atoms with E-state index in [2.05, 4.69) is 5.10 Å². The van der Waals surface area contributed by atoms with Crippen LogP contribution in [0.1, 0.15) is 33.5 Å². The van der Waals surface area contributed by atoms with Gasteiger partial charge in [0.2, 0.25) is 0 Å². The third-order valence-electron chi connectivity index (χ3n) is 4.55. The lowest BCUT2D eigenvalue weighted by Crippen LogP contribution is -2.02. The van der Waals surface area contributed by atoms with E-state index >= 15 is 0 Å². The summed E-state index contributed by atoms with van der Waals surface area (Å²) in [5, 5.41) is 4.98. The van der Waals surface area contributed by atoms with E-state index in [1.807, 2.05) is 69.3 Å². The van der Waals surface area contributed by atoms with Crippen LogP contribution in [-0.4, -0.2) is 15.7 Å². The fraction of sp³-hybridized carbons (Fsp3) is 0.217. The lowest BCUT2D eigenvalue weighted by Gasteiger charge is -2.07. The number of halogens is 1. The van der Waals surface area contributed by atoms with Gasteiger partial charge in [0.05, 0.1) is 12.2 Å². The molecule has 0 aliphatic heterocycles. The van der Waals surface area contributed by atoms with E-state index in [-0.39, 0.29) is 6.61 Å². The van der Waals surface area contributed by atoms with Crippen molar-refractivity contribution in [3.8, 4) is 0 Å². The molecular formula is C23H23ClN2O2. The van der Waals surface area contributed by atoms with Crippen LogP contribution in [0, 0.1) is 20.8 Å². The van der Waals surface area contributed by atoms with Gasteiger partial charge >= 0.3 is 5.97 Å². The van der Waals surface area contributed by atoms with Crippen molar-refractivity contribution in [3.63, 3.8) is 0 Å². The van der Waals surface area contributed by atoms with Crippen LogP contribution in [0.4, 0.5) is 0 Å². The molecule has 0 aliphatic rings. The van der Waals surface area contributed by atoms with Gasteiger partial charge in [-0.2, -0.15) is 5.10 Å². The molecule has 0 amide bonds. The third-order valence-corrected chi connectivity index (χ3v) is 4.94. The first-order valence-electron chi connectivity index (χ1n) is 9.12. The molecule has 0 spiro atoms. The molecule has 0 fully saturated rings. The van der Waals surface area contributed by atoms with Gasteiger partial charge in [0.25, 0.3) is 0 Å². The number of rotatable bonds is 6. The number of nitrogens with zero attached hydrogens (tertiary/aromatic N) is 2. The second kappa shape index (κ2) is 8.89. The second-order valence-electron chi connectivity index (χ2n) is 6.80. The SMILES string of the molecule is Cc1ccc(C)c(COC(=O)/C=C/c2c(C)nn(Cc3ccccc3)c2Cl)c1. The first kappa shape index (κ1) is 19.9. The molecule has 0 N–H and O–H groups in total. The number of aryl methyl sites for hydroxylation is 3. The van der Waals surface area contributed by atoms with Crippen molar-refractivity contribution in [3.05, 3.63) is 93.3 Å². The largest absolute Gasteiger partial charge is 0.458 e. The highest BCUT2D eigenvalue weighted by molar-refractivity contribution is 6.31. The summed E-state index contributed by atoms with van der Waals surface area (Å²) in [5.41, 5.74) is 5.84. The molecule has 144 valence electrons. The molecule has 1 aromatic heterocycles. The molecule has 0 radical (unpaired) electrons. The third kappa shape index (κ3) is 4.90. The molecule has 2 aromatic carbocycles. The highest BCUT2D eigenvalue weighted by Crippen LogP contribution is 2.22. The number of esters is 1. The number of hydrogen-bond donors (Lipinski definition) is 0. The van der Waals surface area contributed by atoms with E-state index in [4.69, 9.17) is 16.3 Å². The van der Waals surface area contributed by atoms with Crippen molar-refractivity contribution >= 4 is 23.6 Å². The molecule has 3 aromatic rings. The Labute approximate surface area is 170 Å². The highest BCUT2D eigenvalue weighted by Gasteiger charge is 2.12. The fourth-order valence-corrected chi connectivity index (χ4v) is 3.22. The second-order valence-corrected chi connectivity index (χ2v) is 7.16. The lowest BCUT2D eigenvalue weighted by molar-refractivity contribution is -0.138. The van der Waals surface area contributed by atoms with Crippen LogP contribution in [0.25, 0.3) is 6.08 Å². The summed E-state index contributed by atoms with van der Waals surface area (Å²) in [6.07, 6.45) is 3.06. The fourth-order valence-electron chi connectivity index (χ4n) is 2.92. The summed E-state index contributed by atoms with van der Waals surface area (Å²) in [4.78, 5) is 12.1. The summed E-state index contributed by atoms with van der Waals surface area (Å²) >= 11 is 6.47. The summed E-state index contributed by atoms with van der Waals surface area (Å²) < 4.78 is 7.10. The van der Waals surface area contributed by atoms with Crippen LogP contribution in [0.5, 0.6) is 0 Å². The number of ether oxygens (including phenoxy) is 1. The molecule has 3 rings (SSSR count). The van der Waals surface area contributed by atoms with Crippen LogP contribution < -0.4 is 0 Å². The molecule has 0 bridgehead atoms. The van der Waals surface area contributed by atoms with Gasteiger partial charge in [0, 0.05) is 11.6 Å². The van der Waals surface area contributed by atoms with E-state index in [9.17, 15) is 4.79 Å². The Morgan fingerprint density at radius 3 is 2.64 bits per heavy atom. The maximum Gasteiger partial charge on any atom is 0.331 e. The predicted molar refractivity (Wildman–Crippen MR) is 112 cm³/mol. The summed E-state index contributed by atoms with van der Waals surface area (Å²) in [5.74, 6) is -0.410. The minimum absolute atomic E-state index is 0.247. The molecule has 5 heteroatoms.